The molecular weight excluding hydrogens is 234 g/mol. The van der Waals surface area contributed by atoms with Crippen molar-refractivity contribution in [3.8, 4) is 0 Å². The Hall–Kier alpha value is -0.553. The number of amides is 1. The fourth-order valence-electron chi connectivity index (χ4n) is 1.93. The van der Waals surface area contributed by atoms with Crippen LogP contribution in [0.25, 0.3) is 0 Å². The lowest BCUT2D eigenvalue weighted by molar-refractivity contribution is 0.134. The van der Waals surface area contributed by atoms with Crippen LogP contribution in [0.3, 0.4) is 0 Å². The fraction of sp³-hybridized carbons (Fsp3) is 0.917. The standard InChI is InChI=1S/C12H25NO3Si/c1-9-7-10(8-13(9)11(14)15)16-17(5,6)12(2,3)4/h9-10H,7-8H2,1-6H3,(H,14,15)/t9-,10-/m1/s1. The lowest BCUT2D eigenvalue weighted by Crippen LogP contribution is -2.44. The fourth-order valence-corrected chi connectivity index (χ4v) is 3.28. The van der Waals surface area contributed by atoms with E-state index in [0.717, 1.165) is 6.42 Å². The average molecular weight is 259 g/mol. The van der Waals surface area contributed by atoms with Crippen molar-refractivity contribution in [1.29, 1.82) is 0 Å². The summed E-state index contributed by atoms with van der Waals surface area (Å²) in [5, 5.41) is 9.21. The highest BCUT2D eigenvalue weighted by atomic mass is 28.4. The third-order valence-electron chi connectivity index (χ3n) is 4.05. The van der Waals surface area contributed by atoms with Gasteiger partial charge in [-0.05, 0) is 31.5 Å². The van der Waals surface area contributed by atoms with Crippen LogP contribution in [0.2, 0.25) is 18.1 Å². The van der Waals surface area contributed by atoms with Crippen molar-refractivity contribution >= 4 is 14.4 Å². The number of rotatable bonds is 2. The van der Waals surface area contributed by atoms with Crippen LogP contribution in [-0.2, 0) is 4.43 Å². The first-order chi connectivity index (χ1) is 7.54. The van der Waals surface area contributed by atoms with E-state index in [9.17, 15) is 4.79 Å². The summed E-state index contributed by atoms with van der Waals surface area (Å²) in [6.45, 7) is 13.5. The molecule has 1 saturated heterocycles. The summed E-state index contributed by atoms with van der Waals surface area (Å²) >= 11 is 0. The van der Waals surface area contributed by atoms with E-state index < -0.39 is 14.4 Å². The zero-order valence-electron chi connectivity index (χ0n) is 11.8. The zero-order chi connectivity index (χ0) is 13.4. The highest BCUT2D eigenvalue weighted by Gasteiger charge is 2.42. The maximum Gasteiger partial charge on any atom is 0.407 e. The third-order valence-corrected chi connectivity index (χ3v) is 8.58. The van der Waals surface area contributed by atoms with Gasteiger partial charge in [-0.25, -0.2) is 4.79 Å². The number of carbonyl (C=O) groups is 1. The minimum atomic E-state index is -1.78. The molecule has 0 aromatic carbocycles. The van der Waals surface area contributed by atoms with Gasteiger partial charge in [-0.1, -0.05) is 20.8 Å². The smallest absolute Gasteiger partial charge is 0.407 e. The summed E-state index contributed by atoms with van der Waals surface area (Å²) < 4.78 is 6.25. The Kier molecular flexibility index (Phi) is 3.93. The summed E-state index contributed by atoms with van der Waals surface area (Å²) in [5.41, 5.74) is 0. The highest BCUT2D eigenvalue weighted by Crippen LogP contribution is 2.38. The van der Waals surface area contributed by atoms with Crippen LogP contribution < -0.4 is 0 Å². The summed E-state index contributed by atoms with van der Waals surface area (Å²) in [6, 6.07) is 0.0715. The van der Waals surface area contributed by atoms with Crippen LogP contribution in [-0.4, -0.2) is 43.1 Å². The molecule has 5 heteroatoms. The van der Waals surface area contributed by atoms with Crippen LogP contribution >= 0.6 is 0 Å². The van der Waals surface area contributed by atoms with Crippen molar-refractivity contribution in [1.82, 2.24) is 4.90 Å². The first kappa shape index (κ1) is 14.5. The van der Waals surface area contributed by atoms with Crippen LogP contribution in [0.4, 0.5) is 4.79 Å². The van der Waals surface area contributed by atoms with E-state index in [2.05, 4.69) is 33.9 Å². The van der Waals surface area contributed by atoms with Gasteiger partial charge in [0.15, 0.2) is 8.32 Å². The molecule has 1 amide bonds. The van der Waals surface area contributed by atoms with Gasteiger partial charge < -0.3 is 14.4 Å². The van der Waals surface area contributed by atoms with Gasteiger partial charge >= 0.3 is 6.09 Å². The molecule has 1 rings (SSSR count). The number of likely N-dealkylation sites (tertiary alicyclic amines) is 1. The van der Waals surface area contributed by atoms with Gasteiger partial charge in [0.05, 0.1) is 6.10 Å². The number of carboxylic acid groups (broad SMARTS) is 1. The molecular formula is C12H25NO3Si. The SMILES string of the molecule is C[C@@H]1C[C@@H](O[Si](C)(C)C(C)(C)C)CN1C(=O)O. The Morgan fingerprint density at radius 1 is 1.41 bits per heavy atom. The Balaban J connectivity index is 2.64. The molecule has 1 fully saturated rings. The Morgan fingerprint density at radius 3 is 2.29 bits per heavy atom. The lowest BCUT2D eigenvalue weighted by atomic mass is 10.2. The Bertz CT molecular complexity index is 299. The van der Waals surface area contributed by atoms with E-state index in [4.69, 9.17) is 9.53 Å². The van der Waals surface area contributed by atoms with Crippen molar-refractivity contribution in [2.75, 3.05) is 6.54 Å². The molecule has 1 N–H and O–H groups in total. The average Bonchev–Trinajstić information content (AvgIpc) is 2.43. The van der Waals surface area contributed by atoms with E-state index in [0.29, 0.717) is 6.54 Å². The molecule has 0 saturated carbocycles. The largest absolute Gasteiger partial charge is 0.465 e. The van der Waals surface area contributed by atoms with Gasteiger partial charge in [0, 0.05) is 12.6 Å². The van der Waals surface area contributed by atoms with Crippen LogP contribution in [0.15, 0.2) is 0 Å². The molecule has 1 heterocycles. The summed E-state index contributed by atoms with van der Waals surface area (Å²) in [7, 11) is -1.78. The molecule has 1 aliphatic heterocycles. The molecule has 1 aliphatic rings. The quantitative estimate of drug-likeness (QED) is 0.775. The molecule has 0 aromatic heterocycles. The van der Waals surface area contributed by atoms with Gasteiger partial charge in [0.1, 0.15) is 0 Å². The molecule has 0 spiro atoms. The first-order valence-corrected chi connectivity index (χ1v) is 9.13. The highest BCUT2D eigenvalue weighted by molar-refractivity contribution is 6.74. The van der Waals surface area contributed by atoms with Gasteiger partial charge in [-0.3, -0.25) is 0 Å². The summed E-state index contributed by atoms with van der Waals surface area (Å²) in [6.07, 6.45) is 0.0551. The first-order valence-electron chi connectivity index (χ1n) is 6.22. The van der Waals surface area contributed by atoms with Crippen molar-refractivity contribution < 1.29 is 14.3 Å². The van der Waals surface area contributed by atoms with E-state index >= 15 is 0 Å². The van der Waals surface area contributed by atoms with Crippen LogP contribution in [0.1, 0.15) is 34.1 Å². The lowest BCUT2D eigenvalue weighted by Gasteiger charge is -2.38. The summed E-state index contributed by atoms with van der Waals surface area (Å²) in [5.74, 6) is 0. The van der Waals surface area contributed by atoms with Crippen LogP contribution in [0.5, 0.6) is 0 Å². The van der Waals surface area contributed by atoms with Gasteiger partial charge in [0.2, 0.25) is 0 Å². The predicted octanol–water partition coefficient (Wildman–Crippen LogP) is 3.15. The Labute approximate surface area is 105 Å². The van der Waals surface area contributed by atoms with E-state index in [1.807, 2.05) is 6.92 Å². The number of hydrogen-bond donors (Lipinski definition) is 1. The second-order valence-corrected chi connectivity index (χ2v) is 11.3. The van der Waals surface area contributed by atoms with E-state index in [1.54, 1.807) is 0 Å². The molecule has 2 atom stereocenters. The molecule has 17 heavy (non-hydrogen) atoms. The molecule has 0 bridgehead atoms. The number of hydrogen-bond acceptors (Lipinski definition) is 2. The van der Waals surface area contributed by atoms with E-state index in [1.165, 1.54) is 4.90 Å². The van der Waals surface area contributed by atoms with Crippen LogP contribution in [0, 0.1) is 0 Å². The molecule has 0 unspecified atom stereocenters. The molecule has 0 radical (unpaired) electrons. The Morgan fingerprint density at radius 2 is 1.94 bits per heavy atom. The molecule has 100 valence electrons. The molecule has 0 aliphatic carbocycles. The van der Waals surface area contributed by atoms with Gasteiger partial charge in [0.25, 0.3) is 0 Å². The zero-order valence-corrected chi connectivity index (χ0v) is 12.8. The van der Waals surface area contributed by atoms with Crippen molar-refractivity contribution in [3.63, 3.8) is 0 Å². The maximum atomic E-state index is 11.0. The maximum absolute atomic E-state index is 11.0. The van der Waals surface area contributed by atoms with Crippen molar-refractivity contribution in [3.05, 3.63) is 0 Å². The monoisotopic (exact) mass is 259 g/mol. The second-order valence-electron chi connectivity index (χ2n) is 6.52. The second kappa shape index (κ2) is 4.61. The molecule has 0 aromatic rings. The predicted molar refractivity (Wildman–Crippen MR) is 70.9 cm³/mol. The topological polar surface area (TPSA) is 49.8 Å². The normalized spacial score (nSPS) is 26.4. The third kappa shape index (κ3) is 3.22. The minimum Gasteiger partial charge on any atom is -0.465 e. The minimum absolute atomic E-state index is 0.0713. The molecule has 4 nitrogen and oxygen atoms in total. The van der Waals surface area contributed by atoms with Crippen molar-refractivity contribution in [2.24, 2.45) is 0 Å². The summed E-state index contributed by atoms with van der Waals surface area (Å²) in [4.78, 5) is 12.5. The van der Waals surface area contributed by atoms with Gasteiger partial charge in [-0.15, -0.1) is 0 Å². The van der Waals surface area contributed by atoms with Gasteiger partial charge in [-0.2, -0.15) is 0 Å². The number of nitrogens with zero attached hydrogens (tertiary/aromatic N) is 1. The van der Waals surface area contributed by atoms with Crippen molar-refractivity contribution in [2.45, 2.75) is 64.4 Å². The van der Waals surface area contributed by atoms with E-state index in [-0.39, 0.29) is 17.2 Å².